The zero-order valence-electron chi connectivity index (χ0n) is 23.3. The lowest BCUT2D eigenvalue weighted by molar-refractivity contribution is -0.173. The number of nitrogens with two attached hydrogens (primary N) is 1. The van der Waals surface area contributed by atoms with Crippen LogP contribution >= 0.6 is 11.6 Å². The van der Waals surface area contributed by atoms with E-state index in [9.17, 15) is 41.7 Å². The summed E-state index contributed by atoms with van der Waals surface area (Å²) in [5, 5.41) is 22.4. The maximum absolute atomic E-state index is 14.6. The zero-order valence-corrected chi connectivity index (χ0v) is 24.1. The molecule has 3 rings (SSSR count). The summed E-state index contributed by atoms with van der Waals surface area (Å²) in [5.74, 6) is -10.7. The highest BCUT2D eigenvalue weighted by Gasteiger charge is 2.64. The van der Waals surface area contributed by atoms with Crippen molar-refractivity contribution < 1.29 is 35.9 Å². The van der Waals surface area contributed by atoms with Gasteiger partial charge in [0.05, 0.1) is 22.7 Å². The van der Waals surface area contributed by atoms with Crippen LogP contribution in [0.3, 0.4) is 0 Å². The van der Waals surface area contributed by atoms with Crippen LogP contribution in [0.4, 0.5) is 32.2 Å². The highest BCUT2D eigenvalue weighted by Crippen LogP contribution is 2.54. The van der Waals surface area contributed by atoms with E-state index in [0.29, 0.717) is 19.8 Å². The summed E-state index contributed by atoms with van der Waals surface area (Å²) in [5.41, 5.74) is 0.249. The van der Waals surface area contributed by atoms with Gasteiger partial charge < -0.3 is 15.4 Å². The van der Waals surface area contributed by atoms with E-state index in [1.54, 1.807) is 0 Å². The summed E-state index contributed by atoms with van der Waals surface area (Å²) in [6, 6.07) is 7.95. The molecule has 0 saturated heterocycles. The summed E-state index contributed by atoms with van der Waals surface area (Å²) in [6.45, 7) is -3.08. The first-order chi connectivity index (χ1) is 19.9. The summed E-state index contributed by atoms with van der Waals surface area (Å²) < 4.78 is 90.4. The fourth-order valence-corrected chi connectivity index (χ4v) is 4.57. The first-order valence-electron chi connectivity index (χ1n) is 12.5. The number of benzene rings is 1. The van der Waals surface area contributed by atoms with Gasteiger partial charge in [0.25, 0.3) is 17.8 Å². The van der Waals surface area contributed by atoms with Gasteiger partial charge in [-0.2, -0.15) is 24.4 Å². The smallest absolute Gasteiger partial charge is 0.387 e. The van der Waals surface area contributed by atoms with Crippen molar-refractivity contribution in [3.63, 3.8) is 0 Å². The number of amides is 1. The average molecular weight is 630 g/mol. The van der Waals surface area contributed by atoms with Crippen molar-refractivity contribution in [2.24, 2.45) is 17.8 Å². The fourth-order valence-electron chi connectivity index (χ4n) is 4.37. The molecule has 1 amide bonds. The largest absolute Gasteiger partial charge is 0.429 e. The third kappa shape index (κ3) is 6.13. The monoisotopic (exact) mass is 629 g/mol. The molecule has 16 heteroatoms. The van der Waals surface area contributed by atoms with Gasteiger partial charge in [0.2, 0.25) is 0 Å². The number of ether oxygens (including phenoxy) is 1. The SMILES string of the molecule is Cn1nc(C(C)(C(C)(F)F)C(C)(F)F)c(OC(F)F)c1N=CC(=CN)c1ccc(Cl)c(C(=O)N(CC#N)C2(C#N)CC2)c1. The van der Waals surface area contributed by atoms with E-state index in [0.717, 1.165) is 29.0 Å². The number of hydrogen-bond donors (Lipinski definition) is 1. The minimum Gasteiger partial charge on any atom is -0.429 e. The van der Waals surface area contributed by atoms with Crippen LogP contribution in [0.1, 0.15) is 55.2 Å². The number of alkyl halides is 6. The standard InChI is InChI=1S/C27H26ClF6N7O2/c1-24(25(2,31)32,26(3,33)34)20-19(43-23(29)30)21(40(4)39-20)38-13-16(12-36)15-5-6-18(28)17(11-15)22(42)41(10-9-35)27(14-37)7-8-27/h5-6,11-13,23H,7-8,10,36H2,1-4H3. The molecule has 1 aromatic heterocycles. The van der Waals surface area contributed by atoms with Crippen LogP contribution < -0.4 is 10.5 Å². The van der Waals surface area contributed by atoms with Gasteiger partial charge in [0, 0.05) is 38.9 Å². The quantitative estimate of drug-likeness (QED) is 0.185. The van der Waals surface area contributed by atoms with Crippen LogP contribution in [-0.2, 0) is 12.5 Å². The van der Waals surface area contributed by atoms with E-state index in [2.05, 4.69) is 14.8 Å². The van der Waals surface area contributed by atoms with E-state index < -0.39 is 52.6 Å². The topological polar surface area (TPSA) is 133 Å². The molecular weight excluding hydrogens is 604 g/mol. The molecule has 2 N–H and O–H groups in total. The molecule has 0 unspecified atom stereocenters. The lowest BCUT2D eigenvalue weighted by Gasteiger charge is -2.38. The molecule has 1 heterocycles. The van der Waals surface area contributed by atoms with Crippen molar-refractivity contribution in [1.82, 2.24) is 14.7 Å². The Bertz CT molecular complexity index is 1530. The second-order valence-electron chi connectivity index (χ2n) is 10.2. The van der Waals surface area contributed by atoms with Gasteiger partial charge in [-0.15, -0.1) is 0 Å². The van der Waals surface area contributed by atoms with Gasteiger partial charge in [0.15, 0.2) is 11.6 Å². The predicted octanol–water partition coefficient (Wildman–Crippen LogP) is 5.97. The van der Waals surface area contributed by atoms with E-state index >= 15 is 0 Å². The number of carbonyl (C=O) groups excluding carboxylic acids is 1. The Morgan fingerprint density at radius 1 is 1.26 bits per heavy atom. The number of hydrogen-bond acceptors (Lipinski definition) is 7. The second-order valence-corrected chi connectivity index (χ2v) is 10.6. The predicted molar refractivity (Wildman–Crippen MR) is 144 cm³/mol. The minimum atomic E-state index is -4.15. The fraction of sp³-hybridized carbons (Fsp3) is 0.444. The summed E-state index contributed by atoms with van der Waals surface area (Å²) in [6.07, 6.45) is 2.75. The van der Waals surface area contributed by atoms with Gasteiger partial charge in [-0.3, -0.25) is 4.79 Å². The normalized spacial score (nSPS) is 15.3. The Kier molecular flexibility index (Phi) is 9.13. The van der Waals surface area contributed by atoms with Crippen molar-refractivity contribution >= 4 is 35.1 Å². The number of halogens is 7. The summed E-state index contributed by atoms with van der Waals surface area (Å²) >= 11 is 6.26. The molecule has 0 spiro atoms. The molecule has 0 bridgehead atoms. The molecule has 1 fully saturated rings. The number of rotatable bonds is 11. The third-order valence-electron chi connectivity index (χ3n) is 7.37. The van der Waals surface area contributed by atoms with Gasteiger partial charge in [0.1, 0.15) is 23.2 Å². The molecule has 0 aliphatic heterocycles. The van der Waals surface area contributed by atoms with Crippen LogP contribution in [0, 0.1) is 22.7 Å². The number of aryl methyl sites for hydroxylation is 1. The number of nitrogens with zero attached hydrogens (tertiary/aromatic N) is 6. The Morgan fingerprint density at radius 3 is 2.33 bits per heavy atom. The number of allylic oxidation sites excluding steroid dienone is 1. The summed E-state index contributed by atoms with van der Waals surface area (Å²) in [7, 11) is 1.11. The molecule has 43 heavy (non-hydrogen) atoms. The minimum absolute atomic E-state index is 0.0112. The molecule has 9 nitrogen and oxygen atoms in total. The number of aliphatic imine (C=N–C) groups is 1. The maximum atomic E-state index is 14.6. The van der Waals surface area contributed by atoms with E-state index in [4.69, 9.17) is 17.3 Å². The lowest BCUT2D eigenvalue weighted by Crippen LogP contribution is -2.53. The van der Waals surface area contributed by atoms with Gasteiger partial charge in [-0.25, -0.2) is 27.2 Å². The van der Waals surface area contributed by atoms with Crippen LogP contribution in [-0.4, -0.2) is 57.3 Å². The number of carbonyl (C=O) groups is 1. The van der Waals surface area contributed by atoms with Gasteiger partial charge in [-0.05, 0) is 37.5 Å². The van der Waals surface area contributed by atoms with Crippen molar-refractivity contribution in [3.8, 4) is 17.9 Å². The molecule has 1 saturated carbocycles. The third-order valence-corrected chi connectivity index (χ3v) is 7.70. The van der Waals surface area contributed by atoms with Gasteiger partial charge in [-0.1, -0.05) is 17.7 Å². The van der Waals surface area contributed by atoms with Crippen LogP contribution in [0.5, 0.6) is 5.75 Å². The molecule has 0 radical (unpaired) electrons. The molecule has 1 aromatic carbocycles. The molecular formula is C27H26ClF6N7O2. The first-order valence-corrected chi connectivity index (χ1v) is 12.9. The Morgan fingerprint density at radius 2 is 1.86 bits per heavy atom. The van der Waals surface area contributed by atoms with E-state index in [1.165, 1.54) is 18.2 Å². The van der Waals surface area contributed by atoms with Crippen LogP contribution in [0.15, 0.2) is 29.4 Å². The Balaban J connectivity index is 2.10. The molecule has 1 aliphatic rings. The van der Waals surface area contributed by atoms with Crippen molar-refractivity contribution in [2.45, 2.75) is 63.0 Å². The lowest BCUT2D eigenvalue weighted by atomic mass is 9.75. The van der Waals surface area contributed by atoms with Crippen molar-refractivity contribution in [3.05, 3.63) is 46.2 Å². The summed E-state index contributed by atoms with van der Waals surface area (Å²) in [4.78, 5) is 18.4. The Hall–Kier alpha value is -4.24. The molecule has 0 atom stereocenters. The highest BCUT2D eigenvalue weighted by atomic mass is 35.5. The van der Waals surface area contributed by atoms with Crippen molar-refractivity contribution in [1.29, 1.82) is 10.5 Å². The Labute approximate surface area is 247 Å². The zero-order chi connectivity index (χ0) is 32.5. The van der Waals surface area contributed by atoms with E-state index in [-0.39, 0.29) is 42.1 Å². The maximum Gasteiger partial charge on any atom is 0.387 e. The number of nitriles is 2. The molecule has 230 valence electrons. The van der Waals surface area contributed by atoms with E-state index in [1.807, 2.05) is 12.1 Å². The molecule has 2 aromatic rings. The average Bonchev–Trinajstić information content (AvgIpc) is 3.65. The number of aromatic nitrogens is 2. The second kappa shape index (κ2) is 11.8. The van der Waals surface area contributed by atoms with Gasteiger partial charge >= 0.3 is 6.61 Å². The first kappa shape index (κ1) is 33.3. The van der Waals surface area contributed by atoms with Crippen molar-refractivity contribution in [2.75, 3.05) is 6.54 Å². The van der Waals surface area contributed by atoms with Crippen LogP contribution in [0.25, 0.3) is 5.57 Å². The molecule has 1 aliphatic carbocycles. The highest BCUT2D eigenvalue weighted by molar-refractivity contribution is 6.34. The van der Waals surface area contributed by atoms with Crippen LogP contribution in [0.2, 0.25) is 5.02 Å².